The van der Waals surface area contributed by atoms with E-state index in [2.05, 4.69) is 34.7 Å². The van der Waals surface area contributed by atoms with Crippen LogP contribution in [0.3, 0.4) is 0 Å². The van der Waals surface area contributed by atoms with E-state index in [0.29, 0.717) is 34.7 Å². The summed E-state index contributed by atoms with van der Waals surface area (Å²) in [5.74, 6) is 1.26. The van der Waals surface area contributed by atoms with Gasteiger partial charge in [-0.2, -0.15) is 0 Å². The van der Waals surface area contributed by atoms with Crippen LogP contribution in [0.1, 0.15) is 16.7 Å². The van der Waals surface area contributed by atoms with Crippen molar-refractivity contribution in [1.29, 1.82) is 0 Å². The Kier molecular flexibility index (Phi) is 7.03. The molecule has 1 aromatic heterocycles. The first-order chi connectivity index (χ1) is 15.1. The molecular formula is C25H24Cl2N2O2. The van der Waals surface area contributed by atoms with E-state index >= 15 is 0 Å². The lowest BCUT2D eigenvalue weighted by Gasteiger charge is -2.14. The van der Waals surface area contributed by atoms with Gasteiger partial charge in [-0.15, -0.1) is 0 Å². The molecule has 0 aliphatic rings. The highest BCUT2D eigenvalue weighted by Crippen LogP contribution is 2.34. The van der Waals surface area contributed by atoms with Gasteiger partial charge in [0.15, 0.2) is 11.5 Å². The Hall–Kier alpha value is -2.66. The van der Waals surface area contributed by atoms with Crippen LogP contribution in [0, 0.1) is 0 Å². The van der Waals surface area contributed by atoms with Gasteiger partial charge in [0.05, 0.1) is 7.11 Å². The fourth-order valence-corrected chi connectivity index (χ4v) is 3.99. The number of H-pyrrole nitrogens is 1. The average Bonchev–Trinajstić information content (AvgIpc) is 3.19. The van der Waals surface area contributed by atoms with Gasteiger partial charge in [-0.1, -0.05) is 53.5 Å². The molecule has 0 spiro atoms. The van der Waals surface area contributed by atoms with E-state index in [9.17, 15) is 0 Å². The van der Waals surface area contributed by atoms with Crippen molar-refractivity contribution in [2.45, 2.75) is 19.6 Å². The molecule has 31 heavy (non-hydrogen) atoms. The van der Waals surface area contributed by atoms with E-state index in [0.717, 1.165) is 24.1 Å². The summed E-state index contributed by atoms with van der Waals surface area (Å²) >= 11 is 12.6. The Bertz CT molecular complexity index is 1170. The van der Waals surface area contributed by atoms with Gasteiger partial charge < -0.3 is 19.8 Å². The largest absolute Gasteiger partial charge is 0.493 e. The number of nitrogens with one attached hydrogen (secondary N) is 2. The molecule has 0 aliphatic heterocycles. The van der Waals surface area contributed by atoms with Gasteiger partial charge in [-0.25, -0.2) is 0 Å². The van der Waals surface area contributed by atoms with Crippen molar-refractivity contribution >= 4 is 34.1 Å². The number of methoxy groups -OCH3 is 1. The van der Waals surface area contributed by atoms with Gasteiger partial charge >= 0.3 is 0 Å². The molecule has 160 valence electrons. The standard InChI is InChI=1S/C25H24Cl2N2O2/c1-30-24-12-19(14-28-10-9-18-15-29-23-8-3-2-7-21(18)23)22(27)13-25(24)31-16-17-5-4-6-20(26)11-17/h2-8,11-13,15,28-29H,9-10,14,16H2,1H3. The molecule has 0 amide bonds. The van der Waals surface area contributed by atoms with Crippen molar-refractivity contribution < 1.29 is 9.47 Å². The van der Waals surface area contributed by atoms with E-state index in [1.54, 1.807) is 7.11 Å². The maximum absolute atomic E-state index is 6.52. The lowest BCUT2D eigenvalue weighted by molar-refractivity contribution is 0.284. The monoisotopic (exact) mass is 454 g/mol. The van der Waals surface area contributed by atoms with Crippen LogP contribution in [0.25, 0.3) is 10.9 Å². The summed E-state index contributed by atoms with van der Waals surface area (Å²) in [5.41, 5.74) is 4.41. The summed E-state index contributed by atoms with van der Waals surface area (Å²) < 4.78 is 11.5. The number of ether oxygens (including phenoxy) is 2. The van der Waals surface area contributed by atoms with Crippen LogP contribution < -0.4 is 14.8 Å². The Labute approximate surface area is 192 Å². The second kappa shape index (κ2) is 10.1. The first kappa shape index (κ1) is 21.6. The molecule has 4 aromatic rings. The lowest BCUT2D eigenvalue weighted by atomic mass is 10.1. The first-order valence-corrected chi connectivity index (χ1v) is 10.9. The molecule has 4 nitrogen and oxygen atoms in total. The number of fused-ring (bicyclic) bond motifs is 1. The maximum Gasteiger partial charge on any atom is 0.163 e. The van der Waals surface area contributed by atoms with Crippen LogP contribution in [0.4, 0.5) is 0 Å². The van der Waals surface area contributed by atoms with Crippen LogP contribution in [0.2, 0.25) is 10.0 Å². The summed E-state index contributed by atoms with van der Waals surface area (Å²) in [6.07, 6.45) is 3.01. The molecular weight excluding hydrogens is 431 g/mol. The van der Waals surface area contributed by atoms with Crippen molar-refractivity contribution in [1.82, 2.24) is 10.3 Å². The molecule has 0 fully saturated rings. The Morgan fingerprint density at radius 1 is 0.935 bits per heavy atom. The Morgan fingerprint density at radius 2 is 1.81 bits per heavy atom. The fraction of sp³-hybridized carbons (Fsp3) is 0.200. The summed E-state index contributed by atoms with van der Waals surface area (Å²) in [7, 11) is 1.63. The van der Waals surface area contributed by atoms with Gasteiger partial charge in [0.1, 0.15) is 6.61 Å². The SMILES string of the molecule is COc1cc(CNCCc2c[nH]c3ccccc23)c(Cl)cc1OCc1cccc(Cl)c1. The molecule has 0 atom stereocenters. The number of para-hydroxylation sites is 1. The average molecular weight is 455 g/mol. The highest BCUT2D eigenvalue weighted by molar-refractivity contribution is 6.31. The lowest BCUT2D eigenvalue weighted by Crippen LogP contribution is -2.17. The van der Waals surface area contributed by atoms with Gasteiger partial charge in [0.2, 0.25) is 0 Å². The van der Waals surface area contributed by atoms with Gasteiger partial charge in [0.25, 0.3) is 0 Å². The minimum Gasteiger partial charge on any atom is -0.493 e. The van der Waals surface area contributed by atoms with E-state index < -0.39 is 0 Å². The third-order valence-corrected chi connectivity index (χ3v) is 5.76. The zero-order valence-electron chi connectivity index (χ0n) is 17.3. The van der Waals surface area contributed by atoms with Crippen LogP contribution >= 0.6 is 23.2 Å². The van der Waals surface area contributed by atoms with E-state index in [4.69, 9.17) is 32.7 Å². The smallest absolute Gasteiger partial charge is 0.163 e. The van der Waals surface area contributed by atoms with E-state index in [1.165, 1.54) is 16.5 Å². The fourth-order valence-electron chi connectivity index (χ4n) is 3.56. The molecule has 0 saturated carbocycles. The normalized spacial score (nSPS) is 11.1. The number of hydrogen-bond acceptors (Lipinski definition) is 3. The quantitative estimate of drug-likeness (QED) is 0.287. The summed E-state index contributed by atoms with van der Waals surface area (Å²) in [6.45, 7) is 1.87. The van der Waals surface area contributed by atoms with Crippen molar-refractivity contribution in [2.75, 3.05) is 13.7 Å². The molecule has 1 heterocycles. The molecule has 3 aromatic carbocycles. The van der Waals surface area contributed by atoms with Crippen LogP contribution in [-0.4, -0.2) is 18.6 Å². The van der Waals surface area contributed by atoms with Gasteiger partial charge in [-0.3, -0.25) is 0 Å². The van der Waals surface area contributed by atoms with Crippen LogP contribution in [-0.2, 0) is 19.6 Å². The highest BCUT2D eigenvalue weighted by atomic mass is 35.5. The van der Waals surface area contributed by atoms with Crippen LogP contribution in [0.15, 0.2) is 66.9 Å². The number of hydrogen-bond donors (Lipinski definition) is 2. The van der Waals surface area contributed by atoms with Crippen LogP contribution in [0.5, 0.6) is 11.5 Å². The second-order valence-electron chi connectivity index (χ2n) is 7.30. The second-order valence-corrected chi connectivity index (χ2v) is 8.14. The Balaban J connectivity index is 1.36. The summed E-state index contributed by atoms with van der Waals surface area (Å²) in [4.78, 5) is 3.32. The molecule has 4 rings (SSSR count). The molecule has 0 unspecified atom stereocenters. The molecule has 0 bridgehead atoms. The number of aromatic amines is 1. The van der Waals surface area contributed by atoms with Gasteiger partial charge in [0, 0.05) is 39.8 Å². The number of halogens is 2. The summed E-state index contributed by atoms with van der Waals surface area (Å²) in [5, 5.41) is 6.06. The number of benzene rings is 3. The molecule has 0 aliphatic carbocycles. The highest BCUT2D eigenvalue weighted by Gasteiger charge is 2.11. The number of aromatic nitrogens is 1. The minimum atomic E-state index is 0.384. The van der Waals surface area contributed by atoms with E-state index in [-0.39, 0.29) is 0 Å². The van der Waals surface area contributed by atoms with Crippen molar-refractivity contribution in [3.8, 4) is 11.5 Å². The predicted octanol–water partition coefficient (Wildman–Crippen LogP) is 6.39. The maximum atomic E-state index is 6.52. The first-order valence-electron chi connectivity index (χ1n) is 10.1. The van der Waals surface area contributed by atoms with Gasteiger partial charge in [-0.05, 0) is 53.9 Å². The zero-order valence-corrected chi connectivity index (χ0v) is 18.8. The third kappa shape index (κ3) is 5.34. The van der Waals surface area contributed by atoms with Crippen molar-refractivity contribution in [2.24, 2.45) is 0 Å². The third-order valence-electron chi connectivity index (χ3n) is 5.18. The molecule has 0 radical (unpaired) electrons. The minimum absolute atomic E-state index is 0.384. The predicted molar refractivity (Wildman–Crippen MR) is 127 cm³/mol. The number of rotatable bonds is 9. The molecule has 0 saturated heterocycles. The topological polar surface area (TPSA) is 46.3 Å². The molecule has 6 heteroatoms. The zero-order chi connectivity index (χ0) is 21.6. The van der Waals surface area contributed by atoms with Crippen molar-refractivity contribution in [3.63, 3.8) is 0 Å². The summed E-state index contributed by atoms with van der Waals surface area (Å²) in [6, 6.07) is 19.6. The van der Waals surface area contributed by atoms with E-state index in [1.807, 2.05) is 42.5 Å². The molecule has 2 N–H and O–H groups in total. The van der Waals surface area contributed by atoms with Crippen molar-refractivity contribution in [3.05, 3.63) is 93.6 Å². The Morgan fingerprint density at radius 3 is 2.65 bits per heavy atom.